The van der Waals surface area contributed by atoms with Gasteiger partial charge in [-0.05, 0) is 49.4 Å². The molecule has 0 N–H and O–H groups in total. The van der Waals surface area contributed by atoms with Crippen molar-refractivity contribution in [1.29, 1.82) is 0 Å². The molecule has 188 valence electrons. The van der Waals surface area contributed by atoms with E-state index in [0.29, 0.717) is 44.6 Å². The number of aryl methyl sites for hydroxylation is 3. The van der Waals surface area contributed by atoms with Gasteiger partial charge in [-0.3, -0.25) is 9.48 Å². The SMILES string of the molecule is CCOC(=O)c1nn(CCCc2ccccc2)c2c1CN(C(=O)CCc1ccc3c(c1)OCO3)CC2. The highest BCUT2D eigenvalue weighted by atomic mass is 16.7. The summed E-state index contributed by atoms with van der Waals surface area (Å²) in [6, 6.07) is 16.1. The van der Waals surface area contributed by atoms with Gasteiger partial charge in [0.25, 0.3) is 0 Å². The molecule has 8 nitrogen and oxygen atoms in total. The molecule has 0 saturated heterocycles. The van der Waals surface area contributed by atoms with Gasteiger partial charge in [0.05, 0.1) is 6.61 Å². The fraction of sp³-hybridized carbons (Fsp3) is 0.393. The first-order valence-electron chi connectivity index (χ1n) is 12.6. The Morgan fingerprint density at radius 1 is 1.03 bits per heavy atom. The summed E-state index contributed by atoms with van der Waals surface area (Å²) in [5.41, 5.74) is 4.49. The summed E-state index contributed by atoms with van der Waals surface area (Å²) < 4.78 is 18.0. The van der Waals surface area contributed by atoms with E-state index in [1.807, 2.05) is 46.0 Å². The predicted octanol–water partition coefficient (Wildman–Crippen LogP) is 3.94. The Morgan fingerprint density at radius 2 is 1.86 bits per heavy atom. The van der Waals surface area contributed by atoms with Crippen LogP contribution in [-0.4, -0.2) is 46.5 Å². The molecule has 0 radical (unpaired) electrons. The van der Waals surface area contributed by atoms with Crippen molar-refractivity contribution in [2.24, 2.45) is 0 Å². The molecule has 1 aromatic heterocycles. The number of aromatic nitrogens is 2. The molecule has 36 heavy (non-hydrogen) atoms. The van der Waals surface area contributed by atoms with Crippen LogP contribution in [0, 0.1) is 0 Å². The second-order valence-electron chi connectivity index (χ2n) is 9.06. The van der Waals surface area contributed by atoms with E-state index in [4.69, 9.17) is 14.2 Å². The number of rotatable bonds is 9. The summed E-state index contributed by atoms with van der Waals surface area (Å²) in [6.45, 7) is 4.01. The van der Waals surface area contributed by atoms with Gasteiger partial charge in [-0.25, -0.2) is 4.79 Å². The van der Waals surface area contributed by atoms with Crippen LogP contribution >= 0.6 is 0 Å². The molecule has 8 heteroatoms. The predicted molar refractivity (Wildman–Crippen MR) is 133 cm³/mol. The molecule has 0 bridgehead atoms. The van der Waals surface area contributed by atoms with Crippen LogP contribution < -0.4 is 9.47 Å². The van der Waals surface area contributed by atoms with Crippen molar-refractivity contribution < 1.29 is 23.8 Å². The van der Waals surface area contributed by atoms with Gasteiger partial charge in [0.15, 0.2) is 17.2 Å². The zero-order valence-electron chi connectivity index (χ0n) is 20.6. The zero-order chi connectivity index (χ0) is 24.9. The minimum atomic E-state index is -0.426. The number of esters is 1. The molecular formula is C28H31N3O5. The van der Waals surface area contributed by atoms with Crippen LogP contribution in [0.5, 0.6) is 11.5 Å². The second-order valence-corrected chi connectivity index (χ2v) is 9.06. The highest BCUT2D eigenvalue weighted by molar-refractivity contribution is 5.89. The summed E-state index contributed by atoms with van der Waals surface area (Å²) in [7, 11) is 0. The maximum atomic E-state index is 13.1. The Morgan fingerprint density at radius 3 is 2.69 bits per heavy atom. The topological polar surface area (TPSA) is 82.9 Å². The summed E-state index contributed by atoms with van der Waals surface area (Å²) in [5.74, 6) is 1.09. The lowest BCUT2D eigenvalue weighted by molar-refractivity contribution is -0.132. The van der Waals surface area contributed by atoms with E-state index in [1.165, 1.54) is 5.56 Å². The van der Waals surface area contributed by atoms with Crippen molar-refractivity contribution in [3.05, 3.63) is 76.6 Å². The largest absolute Gasteiger partial charge is 0.461 e. The Bertz CT molecular complexity index is 1240. The summed E-state index contributed by atoms with van der Waals surface area (Å²) >= 11 is 0. The maximum absolute atomic E-state index is 13.1. The second kappa shape index (κ2) is 10.8. The zero-order valence-corrected chi connectivity index (χ0v) is 20.6. The molecule has 3 aromatic rings. The normalized spacial score (nSPS) is 14.0. The Labute approximate surface area is 210 Å². The van der Waals surface area contributed by atoms with Gasteiger partial charge < -0.3 is 19.1 Å². The third-order valence-corrected chi connectivity index (χ3v) is 6.70. The van der Waals surface area contributed by atoms with Gasteiger partial charge in [0.1, 0.15) is 0 Å². The van der Waals surface area contributed by atoms with E-state index < -0.39 is 5.97 Å². The first-order valence-corrected chi connectivity index (χ1v) is 12.6. The van der Waals surface area contributed by atoms with Gasteiger partial charge in [0.2, 0.25) is 12.7 Å². The number of benzene rings is 2. The number of nitrogens with zero attached hydrogens (tertiary/aromatic N) is 3. The third-order valence-electron chi connectivity index (χ3n) is 6.70. The fourth-order valence-electron chi connectivity index (χ4n) is 4.84. The van der Waals surface area contributed by atoms with E-state index in [1.54, 1.807) is 6.92 Å². The van der Waals surface area contributed by atoms with Crippen molar-refractivity contribution in [1.82, 2.24) is 14.7 Å². The number of ether oxygens (including phenoxy) is 3. The van der Waals surface area contributed by atoms with Crippen LogP contribution in [0.3, 0.4) is 0 Å². The molecule has 0 saturated carbocycles. The number of carbonyl (C=O) groups excluding carboxylic acids is 2. The van der Waals surface area contributed by atoms with E-state index >= 15 is 0 Å². The summed E-state index contributed by atoms with van der Waals surface area (Å²) in [5, 5.41) is 4.64. The number of hydrogen-bond acceptors (Lipinski definition) is 6. The van der Waals surface area contributed by atoms with Crippen molar-refractivity contribution in [3.8, 4) is 11.5 Å². The smallest absolute Gasteiger partial charge is 0.359 e. The van der Waals surface area contributed by atoms with Crippen molar-refractivity contribution in [3.63, 3.8) is 0 Å². The molecule has 0 atom stereocenters. The Kier molecular flexibility index (Phi) is 7.21. The maximum Gasteiger partial charge on any atom is 0.359 e. The lowest BCUT2D eigenvalue weighted by Crippen LogP contribution is -2.37. The minimum Gasteiger partial charge on any atom is -0.461 e. The van der Waals surface area contributed by atoms with Crippen LogP contribution in [0.1, 0.15) is 52.6 Å². The molecular weight excluding hydrogens is 458 g/mol. The lowest BCUT2D eigenvalue weighted by Gasteiger charge is -2.28. The lowest BCUT2D eigenvalue weighted by atomic mass is 10.0. The molecule has 2 aromatic carbocycles. The Hall–Kier alpha value is -3.81. The van der Waals surface area contributed by atoms with Gasteiger partial charge >= 0.3 is 5.97 Å². The fourth-order valence-corrected chi connectivity index (χ4v) is 4.84. The van der Waals surface area contributed by atoms with Crippen LogP contribution in [-0.2, 0) is 41.9 Å². The molecule has 5 rings (SSSR count). The average molecular weight is 490 g/mol. The standard InChI is InChI=1S/C28H31N3O5/c1-2-34-28(33)27-22-18-30(26(32)13-11-21-10-12-24-25(17-21)36-19-35-24)16-14-23(22)31(29-27)15-6-9-20-7-4-3-5-8-20/h3-5,7-8,10,12,17H,2,6,9,11,13-16,18-19H2,1H3. The van der Waals surface area contributed by atoms with E-state index in [2.05, 4.69) is 17.2 Å². The number of fused-ring (bicyclic) bond motifs is 2. The van der Waals surface area contributed by atoms with Crippen molar-refractivity contribution in [2.75, 3.05) is 19.9 Å². The van der Waals surface area contributed by atoms with Crippen molar-refractivity contribution in [2.45, 2.75) is 52.1 Å². The molecule has 0 aliphatic carbocycles. The van der Waals surface area contributed by atoms with Gasteiger partial charge in [-0.1, -0.05) is 36.4 Å². The van der Waals surface area contributed by atoms with Crippen LogP contribution in [0.2, 0.25) is 0 Å². The van der Waals surface area contributed by atoms with Crippen LogP contribution in [0.15, 0.2) is 48.5 Å². The number of carbonyl (C=O) groups is 2. The van der Waals surface area contributed by atoms with E-state index in [9.17, 15) is 9.59 Å². The molecule has 1 amide bonds. The summed E-state index contributed by atoms with van der Waals surface area (Å²) in [6.07, 6.45) is 3.52. The number of amides is 1. The monoisotopic (exact) mass is 489 g/mol. The average Bonchev–Trinajstić information content (AvgIpc) is 3.52. The molecule has 3 heterocycles. The van der Waals surface area contributed by atoms with E-state index in [-0.39, 0.29) is 19.3 Å². The first-order chi connectivity index (χ1) is 17.6. The van der Waals surface area contributed by atoms with Gasteiger partial charge in [0, 0.05) is 43.7 Å². The molecule has 0 spiro atoms. The third kappa shape index (κ3) is 5.22. The van der Waals surface area contributed by atoms with Crippen LogP contribution in [0.4, 0.5) is 0 Å². The molecule has 2 aliphatic rings. The quantitative estimate of drug-likeness (QED) is 0.424. The van der Waals surface area contributed by atoms with Gasteiger partial charge in [-0.15, -0.1) is 0 Å². The van der Waals surface area contributed by atoms with E-state index in [0.717, 1.165) is 41.2 Å². The van der Waals surface area contributed by atoms with Crippen LogP contribution in [0.25, 0.3) is 0 Å². The summed E-state index contributed by atoms with van der Waals surface area (Å²) in [4.78, 5) is 27.6. The van der Waals surface area contributed by atoms with Gasteiger partial charge in [-0.2, -0.15) is 5.10 Å². The molecule has 0 fully saturated rings. The minimum absolute atomic E-state index is 0.0601. The highest BCUT2D eigenvalue weighted by Crippen LogP contribution is 2.33. The Balaban J connectivity index is 1.25. The number of hydrogen-bond donors (Lipinski definition) is 0. The first kappa shape index (κ1) is 23.9. The highest BCUT2D eigenvalue weighted by Gasteiger charge is 2.30. The molecule has 0 unspecified atom stereocenters. The van der Waals surface area contributed by atoms with Crippen molar-refractivity contribution >= 4 is 11.9 Å². The molecule has 2 aliphatic heterocycles.